The van der Waals surface area contributed by atoms with E-state index in [4.69, 9.17) is 9.26 Å². The van der Waals surface area contributed by atoms with Crippen molar-refractivity contribution in [2.45, 2.75) is 6.04 Å². The van der Waals surface area contributed by atoms with Gasteiger partial charge in [0, 0.05) is 11.0 Å². The highest BCUT2D eigenvalue weighted by atomic mass is 79.9. The SMILES string of the molecule is Brc1ccccc1-c1nc([C@@H]2COCCN2)no1. The Balaban J connectivity index is 1.87. The van der Waals surface area contributed by atoms with Crippen LogP contribution >= 0.6 is 15.9 Å². The first-order valence-corrected chi connectivity index (χ1v) is 6.53. The third kappa shape index (κ3) is 2.31. The minimum atomic E-state index is 0.0127. The largest absolute Gasteiger partial charge is 0.378 e. The third-order valence-corrected chi connectivity index (χ3v) is 3.47. The molecule has 2 aromatic rings. The molecule has 5 nitrogen and oxygen atoms in total. The molecule has 0 aliphatic carbocycles. The van der Waals surface area contributed by atoms with Gasteiger partial charge in [-0.15, -0.1) is 0 Å². The summed E-state index contributed by atoms with van der Waals surface area (Å²) in [6.45, 7) is 2.12. The van der Waals surface area contributed by atoms with E-state index in [0.29, 0.717) is 18.3 Å². The summed E-state index contributed by atoms with van der Waals surface area (Å²) in [6, 6.07) is 7.78. The van der Waals surface area contributed by atoms with Gasteiger partial charge in [-0.1, -0.05) is 17.3 Å². The number of benzene rings is 1. The summed E-state index contributed by atoms with van der Waals surface area (Å²) >= 11 is 3.47. The fourth-order valence-corrected chi connectivity index (χ4v) is 2.31. The maximum Gasteiger partial charge on any atom is 0.259 e. The molecule has 3 rings (SSSR count). The lowest BCUT2D eigenvalue weighted by molar-refractivity contribution is 0.0734. The molecule has 1 aliphatic heterocycles. The van der Waals surface area contributed by atoms with Gasteiger partial charge in [-0.2, -0.15) is 4.98 Å². The molecule has 18 heavy (non-hydrogen) atoms. The molecule has 1 aromatic carbocycles. The zero-order valence-corrected chi connectivity index (χ0v) is 11.2. The highest BCUT2D eigenvalue weighted by Crippen LogP contribution is 2.27. The Kier molecular flexibility index (Phi) is 3.40. The van der Waals surface area contributed by atoms with Crippen LogP contribution in [0.15, 0.2) is 33.3 Å². The summed E-state index contributed by atoms with van der Waals surface area (Å²) in [5.74, 6) is 1.16. The monoisotopic (exact) mass is 309 g/mol. The average molecular weight is 310 g/mol. The van der Waals surface area contributed by atoms with Crippen LogP contribution in [0.25, 0.3) is 11.5 Å². The van der Waals surface area contributed by atoms with Crippen LogP contribution in [0.4, 0.5) is 0 Å². The summed E-state index contributed by atoms with van der Waals surface area (Å²) in [5, 5.41) is 7.30. The van der Waals surface area contributed by atoms with E-state index in [-0.39, 0.29) is 6.04 Å². The van der Waals surface area contributed by atoms with Gasteiger partial charge in [0.05, 0.1) is 24.8 Å². The number of nitrogens with one attached hydrogen (secondary N) is 1. The summed E-state index contributed by atoms with van der Waals surface area (Å²) in [5.41, 5.74) is 0.896. The molecule has 0 radical (unpaired) electrons. The fraction of sp³-hybridized carbons (Fsp3) is 0.333. The van der Waals surface area contributed by atoms with E-state index in [9.17, 15) is 0 Å². The van der Waals surface area contributed by atoms with Gasteiger partial charge in [-0.3, -0.25) is 0 Å². The number of ether oxygens (including phenoxy) is 1. The van der Waals surface area contributed by atoms with Crippen molar-refractivity contribution in [2.75, 3.05) is 19.8 Å². The Morgan fingerprint density at radius 2 is 2.22 bits per heavy atom. The minimum Gasteiger partial charge on any atom is -0.378 e. The molecule has 1 atom stereocenters. The summed E-state index contributed by atoms with van der Waals surface area (Å²) < 4.78 is 11.6. The lowest BCUT2D eigenvalue weighted by Crippen LogP contribution is -2.35. The number of morpholine rings is 1. The first-order valence-electron chi connectivity index (χ1n) is 5.74. The van der Waals surface area contributed by atoms with Crippen molar-refractivity contribution in [2.24, 2.45) is 0 Å². The molecule has 0 bridgehead atoms. The third-order valence-electron chi connectivity index (χ3n) is 2.78. The summed E-state index contributed by atoms with van der Waals surface area (Å²) in [6.07, 6.45) is 0. The number of halogens is 1. The summed E-state index contributed by atoms with van der Waals surface area (Å²) in [7, 11) is 0. The van der Waals surface area contributed by atoms with Crippen molar-refractivity contribution in [1.82, 2.24) is 15.5 Å². The molecule has 94 valence electrons. The zero-order valence-electron chi connectivity index (χ0n) is 9.60. The van der Waals surface area contributed by atoms with E-state index < -0.39 is 0 Å². The second kappa shape index (κ2) is 5.17. The molecular weight excluding hydrogens is 298 g/mol. The average Bonchev–Trinajstić information content (AvgIpc) is 2.90. The van der Waals surface area contributed by atoms with E-state index in [0.717, 1.165) is 23.2 Å². The molecule has 1 fully saturated rings. The Morgan fingerprint density at radius 1 is 1.33 bits per heavy atom. The Morgan fingerprint density at radius 3 is 3.00 bits per heavy atom. The second-order valence-corrected chi connectivity index (χ2v) is 4.87. The van der Waals surface area contributed by atoms with Gasteiger partial charge in [0.25, 0.3) is 5.89 Å². The van der Waals surface area contributed by atoms with Crippen LogP contribution in [-0.4, -0.2) is 29.9 Å². The predicted octanol–water partition coefficient (Wildman–Crippen LogP) is 2.16. The number of hydrogen-bond donors (Lipinski definition) is 1. The molecule has 1 aliphatic rings. The zero-order chi connectivity index (χ0) is 12.4. The van der Waals surface area contributed by atoms with Gasteiger partial charge in [-0.25, -0.2) is 0 Å². The minimum absolute atomic E-state index is 0.0127. The van der Waals surface area contributed by atoms with Crippen molar-refractivity contribution < 1.29 is 9.26 Å². The maximum atomic E-state index is 5.38. The van der Waals surface area contributed by atoms with E-state index in [2.05, 4.69) is 31.4 Å². The number of aromatic nitrogens is 2. The standard InChI is InChI=1S/C12H12BrN3O2/c13-9-4-2-1-3-8(9)12-15-11(16-18-12)10-7-17-6-5-14-10/h1-4,10,14H,5-7H2/t10-/m0/s1. The van der Waals surface area contributed by atoms with Gasteiger partial charge in [0.1, 0.15) is 0 Å². The molecule has 0 amide bonds. The lowest BCUT2D eigenvalue weighted by atomic mass is 10.2. The van der Waals surface area contributed by atoms with Gasteiger partial charge in [-0.05, 0) is 28.1 Å². The number of rotatable bonds is 2. The van der Waals surface area contributed by atoms with Crippen LogP contribution < -0.4 is 5.32 Å². The molecular formula is C12H12BrN3O2. The molecule has 1 N–H and O–H groups in total. The van der Waals surface area contributed by atoms with Crippen molar-refractivity contribution in [3.63, 3.8) is 0 Å². The van der Waals surface area contributed by atoms with Crippen molar-refractivity contribution in [3.8, 4) is 11.5 Å². The van der Waals surface area contributed by atoms with E-state index in [1.54, 1.807) is 0 Å². The van der Waals surface area contributed by atoms with Gasteiger partial charge in [0.2, 0.25) is 0 Å². The second-order valence-electron chi connectivity index (χ2n) is 4.02. The van der Waals surface area contributed by atoms with Crippen LogP contribution in [0.1, 0.15) is 11.9 Å². The predicted molar refractivity (Wildman–Crippen MR) is 69.0 cm³/mol. The summed E-state index contributed by atoms with van der Waals surface area (Å²) in [4.78, 5) is 4.41. The topological polar surface area (TPSA) is 60.2 Å². The molecule has 0 unspecified atom stereocenters. The first kappa shape index (κ1) is 11.8. The first-order chi connectivity index (χ1) is 8.84. The molecule has 0 saturated carbocycles. The number of hydrogen-bond acceptors (Lipinski definition) is 5. The Labute approximate surface area is 113 Å². The molecule has 1 saturated heterocycles. The number of nitrogens with zero attached hydrogens (tertiary/aromatic N) is 2. The lowest BCUT2D eigenvalue weighted by Gasteiger charge is -2.20. The van der Waals surface area contributed by atoms with Crippen molar-refractivity contribution >= 4 is 15.9 Å². The van der Waals surface area contributed by atoms with Crippen LogP contribution in [0.2, 0.25) is 0 Å². The molecule has 6 heteroatoms. The molecule has 1 aromatic heterocycles. The van der Waals surface area contributed by atoms with E-state index in [1.165, 1.54) is 0 Å². The Hall–Kier alpha value is -1.24. The highest BCUT2D eigenvalue weighted by molar-refractivity contribution is 9.10. The van der Waals surface area contributed by atoms with Crippen LogP contribution in [0, 0.1) is 0 Å². The van der Waals surface area contributed by atoms with E-state index in [1.807, 2.05) is 24.3 Å². The Bertz CT molecular complexity index is 538. The van der Waals surface area contributed by atoms with Gasteiger partial charge < -0.3 is 14.6 Å². The quantitative estimate of drug-likeness (QED) is 0.921. The molecule has 0 spiro atoms. The van der Waals surface area contributed by atoms with Crippen LogP contribution in [-0.2, 0) is 4.74 Å². The van der Waals surface area contributed by atoms with E-state index >= 15 is 0 Å². The van der Waals surface area contributed by atoms with Crippen molar-refractivity contribution in [1.29, 1.82) is 0 Å². The fourth-order valence-electron chi connectivity index (χ4n) is 1.85. The van der Waals surface area contributed by atoms with Gasteiger partial charge >= 0.3 is 0 Å². The maximum absolute atomic E-state index is 5.38. The molecule has 2 heterocycles. The van der Waals surface area contributed by atoms with Crippen LogP contribution in [0.3, 0.4) is 0 Å². The van der Waals surface area contributed by atoms with Crippen LogP contribution in [0.5, 0.6) is 0 Å². The van der Waals surface area contributed by atoms with Crippen molar-refractivity contribution in [3.05, 3.63) is 34.6 Å². The normalized spacial score (nSPS) is 19.9. The van der Waals surface area contributed by atoms with Gasteiger partial charge in [0.15, 0.2) is 5.82 Å². The smallest absolute Gasteiger partial charge is 0.259 e. The highest BCUT2D eigenvalue weighted by Gasteiger charge is 2.21.